The number of hydrogen-bond acceptors (Lipinski definition) is 0. The summed E-state index contributed by atoms with van der Waals surface area (Å²) < 4.78 is 40.6. The molecule has 0 saturated carbocycles. The third kappa shape index (κ3) is 2.94. The lowest BCUT2D eigenvalue weighted by Crippen LogP contribution is -2.01. The molecule has 0 aliphatic heterocycles. The minimum atomic E-state index is -0.968. The van der Waals surface area contributed by atoms with Crippen molar-refractivity contribution in [3.05, 3.63) is 65.5 Å². The second-order valence-corrected chi connectivity index (χ2v) is 5.93. The van der Waals surface area contributed by atoms with Gasteiger partial charge in [0.1, 0.15) is 5.82 Å². The molecule has 0 spiro atoms. The van der Waals surface area contributed by atoms with Gasteiger partial charge in [0.25, 0.3) is 0 Å². The van der Waals surface area contributed by atoms with Crippen molar-refractivity contribution in [1.29, 1.82) is 0 Å². The summed E-state index contributed by atoms with van der Waals surface area (Å²) in [6, 6.07) is 8.40. The van der Waals surface area contributed by atoms with Crippen LogP contribution >= 0.6 is 0 Å². The molecule has 0 N–H and O–H groups in total. The molecule has 3 rings (SSSR count). The zero-order valence-corrected chi connectivity index (χ0v) is 12.4. The van der Waals surface area contributed by atoms with Gasteiger partial charge in [-0.1, -0.05) is 31.2 Å². The first kappa shape index (κ1) is 14.9. The normalized spacial score (nSPS) is 18.2. The molecule has 0 nitrogen and oxygen atoms in total. The van der Waals surface area contributed by atoms with E-state index in [1.807, 2.05) is 6.07 Å². The van der Waals surface area contributed by atoms with Gasteiger partial charge in [0, 0.05) is 5.56 Å². The topological polar surface area (TPSA) is 0 Å². The standard InChI is InChI=1S/C19H17F3/c1-12-2-4-13(5-3-12)14-6-8-16(18(21)10-14)15-7-9-17(20)19(22)11-15/h4,6-12H,2-3,5H2,1H3. The van der Waals surface area contributed by atoms with E-state index in [1.54, 1.807) is 6.07 Å². The Bertz CT molecular complexity index is 731. The summed E-state index contributed by atoms with van der Waals surface area (Å²) in [7, 11) is 0. The first-order valence-electron chi connectivity index (χ1n) is 7.49. The van der Waals surface area contributed by atoms with Crippen LogP contribution in [0.25, 0.3) is 16.7 Å². The first-order valence-corrected chi connectivity index (χ1v) is 7.49. The number of rotatable bonds is 2. The predicted octanol–water partition coefficient (Wildman–Crippen LogP) is 5.97. The summed E-state index contributed by atoms with van der Waals surface area (Å²) >= 11 is 0. The Morgan fingerprint density at radius 2 is 1.59 bits per heavy atom. The van der Waals surface area contributed by atoms with Crippen LogP contribution in [-0.2, 0) is 0 Å². The zero-order valence-electron chi connectivity index (χ0n) is 12.4. The Kier molecular flexibility index (Phi) is 4.06. The first-order chi connectivity index (χ1) is 10.5. The predicted molar refractivity (Wildman–Crippen MR) is 82.7 cm³/mol. The van der Waals surface area contributed by atoms with E-state index in [0.29, 0.717) is 11.5 Å². The van der Waals surface area contributed by atoms with Gasteiger partial charge < -0.3 is 0 Å². The fourth-order valence-electron chi connectivity index (χ4n) is 2.84. The van der Waals surface area contributed by atoms with Crippen LogP contribution in [0, 0.1) is 23.4 Å². The van der Waals surface area contributed by atoms with Crippen molar-refractivity contribution in [2.75, 3.05) is 0 Å². The van der Waals surface area contributed by atoms with Gasteiger partial charge in [-0.3, -0.25) is 0 Å². The molecular formula is C19H17F3. The minimum Gasteiger partial charge on any atom is -0.206 e. The lowest BCUT2D eigenvalue weighted by Gasteiger charge is -2.19. The van der Waals surface area contributed by atoms with Gasteiger partial charge in [-0.15, -0.1) is 0 Å². The van der Waals surface area contributed by atoms with Crippen LogP contribution in [0.4, 0.5) is 13.2 Å². The van der Waals surface area contributed by atoms with Crippen molar-refractivity contribution in [1.82, 2.24) is 0 Å². The molecule has 2 aromatic carbocycles. The van der Waals surface area contributed by atoms with E-state index in [-0.39, 0.29) is 5.56 Å². The molecule has 0 heterocycles. The smallest absolute Gasteiger partial charge is 0.159 e. The molecule has 1 aliphatic carbocycles. The van der Waals surface area contributed by atoms with Gasteiger partial charge in [-0.25, -0.2) is 13.2 Å². The molecule has 0 radical (unpaired) electrons. The zero-order chi connectivity index (χ0) is 15.7. The van der Waals surface area contributed by atoms with Crippen LogP contribution in [-0.4, -0.2) is 0 Å². The van der Waals surface area contributed by atoms with E-state index in [1.165, 1.54) is 12.1 Å². The molecule has 0 amide bonds. The monoisotopic (exact) mass is 302 g/mol. The van der Waals surface area contributed by atoms with Crippen LogP contribution < -0.4 is 0 Å². The minimum absolute atomic E-state index is 0.285. The number of allylic oxidation sites excluding steroid dienone is 2. The lowest BCUT2D eigenvalue weighted by molar-refractivity contribution is 0.509. The van der Waals surface area contributed by atoms with Crippen LogP contribution in [0.15, 0.2) is 42.5 Å². The maximum Gasteiger partial charge on any atom is 0.159 e. The van der Waals surface area contributed by atoms with E-state index in [0.717, 1.165) is 42.5 Å². The summed E-state index contributed by atoms with van der Waals surface area (Å²) in [6.07, 6.45) is 5.24. The molecule has 2 aromatic rings. The second kappa shape index (κ2) is 5.99. The average Bonchev–Trinajstić information content (AvgIpc) is 2.51. The number of hydrogen-bond donors (Lipinski definition) is 0. The van der Waals surface area contributed by atoms with Gasteiger partial charge in [0.15, 0.2) is 11.6 Å². The SMILES string of the molecule is CC1CC=C(c2ccc(-c3ccc(F)c(F)c3)c(F)c2)CC1. The molecule has 1 aliphatic rings. The highest BCUT2D eigenvalue weighted by atomic mass is 19.2. The van der Waals surface area contributed by atoms with E-state index in [9.17, 15) is 13.2 Å². The summed E-state index contributed by atoms with van der Waals surface area (Å²) in [5.41, 5.74) is 2.66. The third-order valence-corrected chi connectivity index (χ3v) is 4.24. The highest BCUT2D eigenvalue weighted by molar-refractivity contribution is 5.71. The van der Waals surface area contributed by atoms with Gasteiger partial charge in [0.05, 0.1) is 0 Å². The molecule has 1 atom stereocenters. The summed E-state index contributed by atoms with van der Waals surface area (Å²) in [6.45, 7) is 2.21. The molecule has 0 aromatic heterocycles. The molecule has 0 bridgehead atoms. The van der Waals surface area contributed by atoms with Crippen LogP contribution in [0.1, 0.15) is 31.7 Å². The van der Waals surface area contributed by atoms with Gasteiger partial charge in [-0.2, -0.15) is 0 Å². The fraction of sp³-hybridized carbons (Fsp3) is 0.263. The number of benzene rings is 2. The quantitative estimate of drug-likeness (QED) is 0.640. The molecule has 1 unspecified atom stereocenters. The average molecular weight is 302 g/mol. The molecule has 3 heteroatoms. The maximum absolute atomic E-state index is 14.4. The third-order valence-electron chi connectivity index (χ3n) is 4.24. The van der Waals surface area contributed by atoms with Crippen molar-refractivity contribution in [2.24, 2.45) is 5.92 Å². The van der Waals surface area contributed by atoms with E-state index >= 15 is 0 Å². The van der Waals surface area contributed by atoms with Gasteiger partial charge in [-0.05, 0) is 60.1 Å². The summed E-state index contributed by atoms with van der Waals surface area (Å²) in [5, 5.41) is 0. The molecule has 114 valence electrons. The Morgan fingerprint density at radius 1 is 0.864 bits per heavy atom. The van der Waals surface area contributed by atoms with Gasteiger partial charge >= 0.3 is 0 Å². The lowest BCUT2D eigenvalue weighted by atomic mass is 9.87. The second-order valence-electron chi connectivity index (χ2n) is 5.93. The summed E-state index contributed by atoms with van der Waals surface area (Å²) in [4.78, 5) is 0. The molecule has 0 fully saturated rings. The number of halogens is 3. The summed E-state index contributed by atoms with van der Waals surface area (Å²) in [5.74, 6) is -1.63. The fourth-order valence-corrected chi connectivity index (χ4v) is 2.84. The van der Waals surface area contributed by atoms with E-state index in [2.05, 4.69) is 13.0 Å². The van der Waals surface area contributed by atoms with Crippen molar-refractivity contribution in [2.45, 2.75) is 26.2 Å². The Labute approximate surface area is 128 Å². The molecule has 0 saturated heterocycles. The highest BCUT2D eigenvalue weighted by Gasteiger charge is 2.14. The van der Waals surface area contributed by atoms with Crippen molar-refractivity contribution >= 4 is 5.57 Å². The Morgan fingerprint density at radius 3 is 2.23 bits per heavy atom. The van der Waals surface area contributed by atoms with Gasteiger partial charge in [0.2, 0.25) is 0 Å². The van der Waals surface area contributed by atoms with E-state index in [4.69, 9.17) is 0 Å². The van der Waals surface area contributed by atoms with Crippen LogP contribution in [0.5, 0.6) is 0 Å². The Balaban J connectivity index is 1.94. The van der Waals surface area contributed by atoms with Crippen molar-refractivity contribution in [3.63, 3.8) is 0 Å². The van der Waals surface area contributed by atoms with Crippen LogP contribution in [0.2, 0.25) is 0 Å². The van der Waals surface area contributed by atoms with Crippen molar-refractivity contribution in [3.8, 4) is 11.1 Å². The maximum atomic E-state index is 14.4. The van der Waals surface area contributed by atoms with E-state index < -0.39 is 17.5 Å². The van der Waals surface area contributed by atoms with Crippen molar-refractivity contribution < 1.29 is 13.2 Å². The molecular weight excluding hydrogens is 285 g/mol. The Hall–Kier alpha value is -2.03. The highest BCUT2D eigenvalue weighted by Crippen LogP contribution is 2.32. The molecule has 22 heavy (non-hydrogen) atoms. The largest absolute Gasteiger partial charge is 0.206 e. The van der Waals surface area contributed by atoms with Crippen LogP contribution in [0.3, 0.4) is 0 Å².